The molecule has 3 N–H and O–H groups in total. The molecule has 3 heterocycles. The summed E-state index contributed by atoms with van der Waals surface area (Å²) in [4.78, 5) is 19.3. The van der Waals surface area contributed by atoms with Crippen LogP contribution in [0.2, 0.25) is 0 Å². The molecule has 2 saturated heterocycles. The molecule has 1 aromatic heterocycles. The number of hydrogen-bond acceptors (Lipinski definition) is 4. The van der Waals surface area contributed by atoms with Gasteiger partial charge in [0.25, 0.3) is 5.91 Å². The number of fused-ring (bicyclic) bond motifs is 2. The van der Waals surface area contributed by atoms with Gasteiger partial charge in [-0.1, -0.05) is 6.42 Å². The fourth-order valence-electron chi connectivity index (χ4n) is 4.40. The average Bonchev–Trinajstić information content (AvgIpc) is 3.08. The van der Waals surface area contributed by atoms with E-state index in [1.54, 1.807) is 12.3 Å². The highest BCUT2D eigenvalue weighted by Crippen LogP contribution is 2.32. The number of guanidine groups is 1. The monoisotopic (exact) mass is 517 g/mol. The number of nitrogens with zero attached hydrogens (tertiary/aromatic N) is 2. The number of amides is 1. The molecule has 0 radical (unpaired) electrons. The molecule has 2 aliphatic rings. The predicted molar refractivity (Wildman–Crippen MR) is 127 cm³/mol. The second kappa shape index (κ2) is 11.8. The standard InChI is InChI=1S/C21H35N5O2.HI/c1-4-22-21(25-16-13-17-7-5-8-18(14-16)26(17)3)24-11-6-10-23-20(27)19-15(2)9-12-28-19;/h9,12,16-18H,4-8,10-11,13-14H2,1-3H3,(H,23,27)(H2,22,24,25);1H. The topological polar surface area (TPSA) is 81.9 Å². The van der Waals surface area contributed by atoms with Gasteiger partial charge in [-0.15, -0.1) is 24.0 Å². The van der Waals surface area contributed by atoms with Crippen molar-refractivity contribution in [3.05, 3.63) is 23.7 Å². The number of rotatable bonds is 7. The number of hydrogen-bond donors (Lipinski definition) is 3. The maximum Gasteiger partial charge on any atom is 0.287 e. The predicted octanol–water partition coefficient (Wildman–Crippen LogP) is 2.90. The van der Waals surface area contributed by atoms with E-state index in [0.717, 1.165) is 24.5 Å². The summed E-state index contributed by atoms with van der Waals surface area (Å²) >= 11 is 0. The average molecular weight is 517 g/mol. The van der Waals surface area contributed by atoms with Gasteiger partial charge in [0.15, 0.2) is 11.7 Å². The number of furan rings is 1. The van der Waals surface area contributed by atoms with Crippen molar-refractivity contribution < 1.29 is 9.21 Å². The molecule has 0 aromatic carbocycles. The van der Waals surface area contributed by atoms with Crippen molar-refractivity contribution in [1.82, 2.24) is 20.9 Å². The molecule has 164 valence electrons. The number of halogens is 1. The van der Waals surface area contributed by atoms with Crippen molar-refractivity contribution in [3.8, 4) is 0 Å². The van der Waals surface area contributed by atoms with Crippen molar-refractivity contribution in [1.29, 1.82) is 0 Å². The van der Waals surface area contributed by atoms with Gasteiger partial charge in [0.2, 0.25) is 0 Å². The minimum atomic E-state index is -0.158. The van der Waals surface area contributed by atoms with Crippen molar-refractivity contribution in [2.75, 3.05) is 26.7 Å². The number of aryl methyl sites for hydroxylation is 1. The number of piperidine rings is 2. The maximum absolute atomic E-state index is 12.0. The van der Waals surface area contributed by atoms with Gasteiger partial charge in [0.05, 0.1) is 6.26 Å². The van der Waals surface area contributed by atoms with E-state index in [1.807, 2.05) is 6.92 Å². The molecule has 3 rings (SSSR count). The summed E-state index contributed by atoms with van der Waals surface area (Å²) in [6.45, 7) is 6.06. The minimum absolute atomic E-state index is 0. The summed E-state index contributed by atoms with van der Waals surface area (Å²) < 4.78 is 5.21. The van der Waals surface area contributed by atoms with Crippen LogP contribution in [0.3, 0.4) is 0 Å². The Morgan fingerprint density at radius 2 is 2.00 bits per heavy atom. The maximum atomic E-state index is 12.0. The summed E-state index contributed by atoms with van der Waals surface area (Å²) in [6, 6.07) is 3.69. The molecular formula is C21H36IN5O2. The van der Waals surface area contributed by atoms with Gasteiger partial charge in [-0.2, -0.15) is 0 Å². The van der Waals surface area contributed by atoms with Crippen LogP contribution in [-0.2, 0) is 0 Å². The molecule has 1 amide bonds. The highest BCUT2D eigenvalue weighted by atomic mass is 127. The van der Waals surface area contributed by atoms with E-state index in [1.165, 1.54) is 32.1 Å². The Balaban J connectivity index is 0.00000300. The second-order valence-corrected chi connectivity index (χ2v) is 8.02. The lowest BCUT2D eigenvalue weighted by Crippen LogP contribution is -2.56. The van der Waals surface area contributed by atoms with Gasteiger partial charge in [-0.25, -0.2) is 0 Å². The first-order valence-electron chi connectivity index (χ1n) is 10.7. The highest BCUT2D eigenvalue weighted by molar-refractivity contribution is 14.0. The van der Waals surface area contributed by atoms with E-state index in [0.29, 0.717) is 37.0 Å². The number of aliphatic imine (C=N–C) groups is 1. The Kier molecular flexibility index (Phi) is 9.74. The van der Waals surface area contributed by atoms with Gasteiger partial charge in [-0.3, -0.25) is 9.79 Å². The lowest BCUT2D eigenvalue weighted by Gasteiger charge is -2.47. The Morgan fingerprint density at radius 1 is 1.28 bits per heavy atom. The van der Waals surface area contributed by atoms with E-state index < -0.39 is 0 Å². The first-order chi connectivity index (χ1) is 13.6. The van der Waals surface area contributed by atoms with E-state index >= 15 is 0 Å². The van der Waals surface area contributed by atoms with Gasteiger partial charge < -0.3 is 25.3 Å². The second-order valence-electron chi connectivity index (χ2n) is 8.02. The molecule has 2 aliphatic heterocycles. The summed E-state index contributed by atoms with van der Waals surface area (Å²) in [5.74, 6) is 1.13. The first-order valence-corrected chi connectivity index (χ1v) is 10.7. The summed E-state index contributed by atoms with van der Waals surface area (Å²) in [5.41, 5.74) is 0.858. The first kappa shape index (κ1) is 24.0. The van der Waals surface area contributed by atoms with Gasteiger partial charge in [0.1, 0.15) is 0 Å². The fourth-order valence-corrected chi connectivity index (χ4v) is 4.40. The molecule has 0 spiro atoms. The van der Waals surface area contributed by atoms with Gasteiger partial charge in [0, 0.05) is 43.3 Å². The zero-order valence-electron chi connectivity index (χ0n) is 17.9. The lowest BCUT2D eigenvalue weighted by molar-refractivity contribution is 0.0526. The normalized spacial score (nSPS) is 24.5. The van der Waals surface area contributed by atoms with E-state index in [4.69, 9.17) is 9.41 Å². The van der Waals surface area contributed by atoms with Crippen molar-refractivity contribution in [2.24, 2.45) is 4.99 Å². The largest absolute Gasteiger partial charge is 0.459 e. The zero-order chi connectivity index (χ0) is 19.9. The van der Waals surface area contributed by atoms with Crippen LogP contribution in [0.25, 0.3) is 0 Å². The van der Waals surface area contributed by atoms with E-state index in [2.05, 4.69) is 34.8 Å². The van der Waals surface area contributed by atoms with E-state index in [-0.39, 0.29) is 29.9 Å². The van der Waals surface area contributed by atoms with Gasteiger partial charge >= 0.3 is 0 Å². The van der Waals surface area contributed by atoms with Crippen LogP contribution in [0.5, 0.6) is 0 Å². The zero-order valence-corrected chi connectivity index (χ0v) is 20.2. The van der Waals surface area contributed by atoms with E-state index in [9.17, 15) is 4.79 Å². The van der Waals surface area contributed by atoms with Crippen molar-refractivity contribution >= 4 is 35.8 Å². The number of carbonyl (C=O) groups is 1. The summed E-state index contributed by atoms with van der Waals surface area (Å²) in [5, 5.41) is 9.90. The molecule has 7 nitrogen and oxygen atoms in total. The molecule has 2 bridgehead atoms. The summed E-state index contributed by atoms with van der Waals surface area (Å²) in [6.07, 6.45) is 8.71. The Hall–Kier alpha value is -1.29. The molecule has 2 unspecified atom stereocenters. The molecule has 29 heavy (non-hydrogen) atoms. The van der Waals surface area contributed by atoms with Crippen molar-refractivity contribution in [2.45, 2.75) is 70.5 Å². The molecule has 0 saturated carbocycles. The molecule has 2 atom stereocenters. The fraction of sp³-hybridized carbons (Fsp3) is 0.714. The van der Waals surface area contributed by atoms with Crippen LogP contribution in [0.1, 0.15) is 61.6 Å². The lowest BCUT2D eigenvalue weighted by atomic mass is 9.82. The van der Waals surface area contributed by atoms with Crippen LogP contribution >= 0.6 is 24.0 Å². The third-order valence-electron chi connectivity index (χ3n) is 5.98. The van der Waals surface area contributed by atoms with Crippen LogP contribution in [0.15, 0.2) is 21.7 Å². The number of nitrogens with one attached hydrogen (secondary N) is 3. The van der Waals surface area contributed by atoms with Crippen LogP contribution < -0.4 is 16.0 Å². The molecule has 1 aromatic rings. The summed E-state index contributed by atoms with van der Waals surface area (Å²) in [7, 11) is 2.28. The Bertz CT molecular complexity index is 664. The van der Waals surface area contributed by atoms with Crippen molar-refractivity contribution in [3.63, 3.8) is 0 Å². The van der Waals surface area contributed by atoms with Crippen LogP contribution in [0, 0.1) is 6.92 Å². The molecule has 8 heteroatoms. The quantitative estimate of drug-likeness (QED) is 0.224. The molecule has 0 aliphatic carbocycles. The smallest absolute Gasteiger partial charge is 0.287 e. The SMILES string of the molecule is CCNC(=NCCCNC(=O)c1occc1C)NC1CC2CCCC(C1)N2C.I. The van der Waals surface area contributed by atoms with Gasteiger partial charge in [-0.05, 0) is 59.1 Å². The Labute approximate surface area is 191 Å². The minimum Gasteiger partial charge on any atom is -0.459 e. The molecule has 2 fully saturated rings. The number of carbonyl (C=O) groups excluding carboxylic acids is 1. The molecular weight excluding hydrogens is 481 g/mol. The Morgan fingerprint density at radius 3 is 2.62 bits per heavy atom. The highest BCUT2D eigenvalue weighted by Gasteiger charge is 2.36. The third-order valence-corrected chi connectivity index (χ3v) is 5.98. The third kappa shape index (κ3) is 6.60. The van der Waals surface area contributed by atoms with Crippen LogP contribution in [0.4, 0.5) is 0 Å². The van der Waals surface area contributed by atoms with Crippen LogP contribution in [-0.4, -0.2) is 61.6 Å².